The van der Waals surface area contributed by atoms with Gasteiger partial charge in [-0.1, -0.05) is 18.2 Å². The van der Waals surface area contributed by atoms with Gasteiger partial charge in [0, 0.05) is 18.8 Å². The summed E-state index contributed by atoms with van der Waals surface area (Å²) in [6.45, 7) is 3.93. The molecule has 2 aromatic rings. The van der Waals surface area contributed by atoms with Gasteiger partial charge in [0.1, 0.15) is 11.4 Å². The van der Waals surface area contributed by atoms with Gasteiger partial charge in [-0.05, 0) is 61.2 Å². The lowest BCUT2D eigenvalue weighted by Gasteiger charge is -2.26. The second kappa shape index (κ2) is 7.50. The van der Waals surface area contributed by atoms with E-state index in [0.717, 1.165) is 30.4 Å². The van der Waals surface area contributed by atoms with Crippen molar-refractivity contribution in [2.24, 2.45) is 0 Å². The summed E-state index contributed by atoms with van der Waals surface area (Å²) in [5, 5.41) is 2.12. The molecule has 0 aliphatic carbocycles. The first-order valence-electron chi connectivity index (χ1n) is 9.47. The first kappa shape index (κ1) is 18.9. The molecule has 2 heterocycles. The summed E-state index contributed by atoms with van der Waals surface area (Å²) in [5.41, 5.74) is 2.27. The molecule has 0 aromatic heterocycles. The van der Waals surface area contributed by atoms with E-state index in [1.807, 2.05) is 25.1 Å². The number of urea groups is 1. The van der Waals surface area contributed by atoms with Crippen LogP contribution in [-0.4, -0.2) is 30.9 Å². The van der Waals surface area contributed by atoms with Crippen molar-refractivity contribution in [2.45, 2.75) is 19.8 Å². The zero-order chi connectivity index (χ0) is 20.5. The lowest BCUT2D eigenvalue weighted by molar-refractivity contribution is -0.122. The van der Waals surface area contributed by atoms with E-state index >= 15 is 0 Å². The van der Waals surface area contributed by atoms with Gasteiger partial charge in [0.25, 0.3) is 11.8 Å². The number of anilines is 2. The highest BCUT2D eigenvalue weighted by Gasteiger charge is 2.38. The van der Waals surface area contributed by atoms with Crippen molar-refractivity contribution < 1.29 is 18.8 Å². The van der Waals surface area contributed by atoms with Crippen molar-refractivity contribution in [3.8, 4) is 0 Å². The number of barbiturate groups is 1. The van der Waals surface area contributed by atoms with E-state index in [0.29, 0.717) is 10.5 Å². The van der Waals surface area contributed by atoms with Gasteiger partial charge in [0.15, 0.2) is 0 Å². The van der Waals surface area contributed by atoms with Gasteiger partial charge in [-0.3, -0.25) is 14.9 Å². The molecule has 4 amide bonds. The molecule has 7 heteroatoms. The quantitative estimate of drug-likeness (QED) is 0.641. The summed E-state index contributed by atoms with van der Waals surface area (Å²) in [4.78, 5) is 40.4. The third kappa shape index (κ3) is 3.51. The summed E-state index contributed by atoms with van der Waals surface area (Å²) >= 11 is 0. The van der Waals surface area contributed by atoms with E-state index in [1.165, 1.54) is 37.1 Å². The maximum Gasteiger partial charge on any atom is 0.336 e. The second-order valence-electron chi connectivity index (χ2n) is 7.14. The Morgan fingerprint density at radius 3 is 2.45 bits per heavy atom. The number of rotatable bonds is 3. The number of benzene rings is 2. The fourth-order valence-corrected chi connectivity index (χ4v) is 3.66. The average Bonchev–Trinajstić information content (AvgIpc) is 3.22. The van der Waals surface area contributed by atoms with Gasteiger partial charge in [-0.2, -0.15) is 0 Å². The molecule has 148 valence electrons. The lowest BCUT2D eigenvalue weighted by atomic mass is 10.0. The normalized spacial score (nSPS) is 18.6. The summed E-state index contributed by atoms with van der Waals surface area (Å²) in [6.07, 6.45) is 3.78. The zero-order valence-corrected chi connectivity index (χ0v) is 15.9. The molecule has 2 fully saturated rings. The third-order valence-electron chi connectivity index (χ3n) is 5.22. The van der Waals surface area contributed by atoms with Crippen LogP contribution in [0.1, 0.15) is 24.0 Å². The molecule has 0 spiro atoms. The summed E-state index contributed by atoms with van der Waals surface area (Å²) in [7, 11) is 0. The van der Waals surface area contributed by atoms with Gasteiger partial charge in [0.2, 0.25) is 0 Å². The zero-order valence-electron chi connectivity index (χ0n) is 15.9. The van der Waals surface area contributed by atoms with Crippen molar-refractivity contribution in [3.63, 3.8) is 0 Å². The first-order chi connectivity index (χ1) is 14.0. The largest absolute Gasteiger partial charge is 0.372 e. The number of amides is 4. The topological polar surface area (TPSA) is 69.7 Å². The molecule has 0 atom stereocenters. The number of aryl methyl sites for hydroxylation is 1. The number of para-hydroxylation sites is 1. The Kier molecular flexibility index (Phi) is 4.88. The number of carbonyl (C=O) groups excluding carboxylic acids is 3. The number of hydrogen-bond donors (Lipinski definition) is 1. The van der Waals surface area contributed by atoms with Crippen LogP contribution in [0.25, 0.3) is 6.08 Å². The van der Waals surface area contributed by atoms with Crippen LogP contribution in [0.3, 0.4) is 0 Å². The fourth-order valence-electron chi connectivity index (χ4n) is 3.66. The molecule has 0 unspecified atom stereocenters. The summed E-state index contributed by atoms with van der Waals surface area (Å²) in [6, 6.07) is 10.3. The molecule has 2 aliphatic heterocycles. The fraction of sp³-hybridized carbons (Fsp3) is 0.227. The molecular weight excluding hydrogens is 373 g/mol. The molecule has 29 heavy (non-hydrogen) atoms. The highest BCUT2D eigenvalue weighted by atomic mass is 19.1. The van der Waals surface area contributed by atoms with Crippen LogP contribution in [0.4, 0.5) is 20.6 Å². The SMILES string of the molecule is Cc1cc(N2CCCC2)ccc1/C=C1\C(=O)NC(=O)N(c2ccccc2F)C1=O. The Balaban J connectivity index is 1.69. The lowest BCUT2D eigenvalue weighted by Crippen LogP contribution is -2.54. The first-order valence-corrected chi connectivity index (χ1v) is 9.47. The van der Waals surface area contributed by atoms with Crippen LogP contribution < -0.4 is 15.1 Å². The Bertz CT molecular complexity index is 1040. The minimum atomic E-state index is -0.969. The molecule has 6 nitrogen and oxygen atoms in total. The van der Waals surface area contributed by atoms with Gasteiger partial charge < -0.3 is 4.90 Å². The van der Waals surface area contributed by atoms with E-state index in [-0.39, 0.29) is 11.3 Å². The molecule has 0 radical (unpaired) electrons. The van der Waals surface area contributed by atoms with Crippen LogP contribution in [-0.2, 0) is 9.59 Å². The van der Waals surface area contributed by atoms with E-state index < -0.39 is 23.7 Å². The van der Waals surface area contributed by atoms with Crippen molar-refractivity contribution >= 4 is 35.3 Å². The summed E-state index contributed by atoms with van der Waals surface area (Å²) < 4.78 is 14.1. The van der Waals surface area contributed by atoms with Crippen LogP contribution >= 0.6 is 0 Å². The molecule has 2 saturated heterocycles. The Morgan fingerprint density at radius 1 is 1.03 bits per heavy atom. The monoisotopic (exact) mass is 393 g/mol. The maximum atomic E-state index is 14.1. The number of nitrogens with zero attached hydrogens (tertiary/aromatic N) is 2. The number of hydrogen-bond acceptors (Lipinski definition) is 4. The average molecular weight is 393 g/mol. The van der Waals surface area contributed by atoms with Crippen LogP contribution in [0.2, 0.25) is 0 Å². The van der Waals surface area contributed by atoms with Crippen LogP contribution in [0.5, 0.6) is 0 Å². The number of imide groups is 2. The minimum Gasteiger partial charge on any atom is -0.372 e. The molecular formula is C22H20FN3O3. The highest BCUT2D eigenvalue weighted by Crippen LogP contribution is 2.27. The van der Waals surface area contributed by atoms with Gasteiger partial charge >= 0.3 is 6.03 Å². The van der Waals surface area contributed by atoms with Crippen LogP contribution in [0.15, 0.2) is 48.0 Å². The van der Waals surface area contributed by atoms with Crippen molar-refractivity contribution in [2.75, 3.05) is 22.9 Å². The Labute approximate surface area is 167 Å². The summed E-state index contributed by atoms with van der Waals surface area (Å²) in [5.74, 6) is -2.38. The molecule has 0 saturated carbocycles. The molecule has 2 aliphatic rings. The molecule has 2 aromatic carbocycles. The van der Waals surface area contributed by atoms with E-state index in [1.54, 1.807) is 0 Å². The maximum absolute atomic E-state index is 14.1. The number of halogens is 1. The van der Waals surface area contributed by atoms with E-state index in [2.05, 4.69) is 10.2 Å². The Morgan fingerprint density at radius 2 is 1.76 bits per heavy atom. The molecule has 1 N–H and O–H groups in total. The van der Waals surface area contributed by atoms with Crippen LogP contribution in [0, 0.1) is 12.7 Å². The van der Waals surface area contributed by atoms with E-state index in [9.17, 15) is 18.8 Å². The van der Waals surface area contributed by atoms with Gasteiger partial charge in [0.05, 0.1) is 5.69 Å². The Hall–Kier alpha value is -3.48. The smallest absolute Gasteiger partial charge is 0.336 e. The van der Waals surface area contributed by atoms with Crippen molar-refractivity contribution in [1.82, 2.24) is 5.32 Å². The third-order valence-corrected chi connectivity index (χ3v) is 5.22. The predicted molar refractivity (Wildman–Crippen MR) is 108 cm³/mol. The number of nitrogens with one attached hydrogen (secondary N) is 1. The minimum absolute atomic E-state index is 0.200. The second-order valence-corrected chi connectivity index (χ2v) is 7.14. The standard InChI is InChI=1S/C22H20FN3O3/c1-14-12-16(25-10-4-5-11-25)9-8-15(14)13-17-20(27)24-22(29)26(21(17)28)19-7-3-2-6-18(19)23/h2-3,6-9,12-13H,4-5,10-11H2,1H3,(H,24,27,29)/b17-13+. The number of carbonyl (C=O) groups is 3. The molecule has 0 bridgehead atoms. The van der Waals surface area contributed by atoms with Crippen molar-refractivity contribution in [1.29, 1.82) is 0 Å². The van der Waals surface area contributed by atoms with Crippen molar-refractivity contribution in [3.05, 3.63) is 65.0 Å². The molecule has 4 rings (SSSR count). The van der Waals surface area contributed by atoms with Gasteiger partial charge in [-0.25, -0.2) is 14.1 Å². The van der Waals surface area contributed by atoms with Gasteiger partial charge in [-0.15, -0.1) is 0 Å². The van der Waals surface area contributed by atoms with E-state index in [4.69, 9.17) is 0 Å². The highest BCUT2D eigenvalue weighted by molar-refractivity contribution is 6.39. The predicted octanol–water partition coefficient (Wildman–Crippen LogP) is 3.40.